The van der Waals surface area contributed by atoms with Gasteiger partial charge in [-0.1, -0.05) is 0 Å². The number of rotatable bonds is 2. The molecule has 1 aliphatic heterocycles. The van der Waals surface area contributed by atoms with Gasteiger partial charge in [0.1, 0.15) is 0 Å². The molecule has 1 fully saturated rings. The third-order valence-corrected chi connectivity index (χ3v) is 3.44. The van der Waals surface area contributed by atoms with Crippen LogP contribution in [0.3, 0.4) is 0 Å². The second-order valence-corrected chi connectivity index (χ2v) is 5.93. The molecule has 23 heavy (non-hydrogen) atoms. The number of anilines is 1. The maximum atomic E-state index is 12.6. The number of hydrogen-bond acceptors (Lipinski definition) is 5. The number of carbonyl (C=O) groups excluding carboxylic acids is 2. The molecule has 2 rings (SSSR count). The van der Waals surface area contributed by atoms with E-state index in [0.717, 1.165) is 24.4 Å². The first-order valence-electron chi connectivity index (χ1n) is 6.30. The molecule has 0 aromatic heterocycles. The van der Waals surface area contributed by atoms with E-state index in [1.54, 1.807) is 0 Å². The molecule has 0 unspecified atom stereocenters. The Morgan fingerprint density at radius 2 is 1.74 bits per heavy atom. The number of halogens is 4. The number of alkyl halides is 3. The van der Waals surface area contributed by atoms with Gasteiger partial charge < -0.3 is 14.8 Å². The molecule has 1 aliphatic rings. The molecule has 1 aromatic rings. The van der Waals surface area contributed by atoms with Gasteiger partial charge in [-0.25, -0.2) is 9.59 Å². The molecule has 1 aromatic carbocycles. The van der Waals surface area contributed by atoms with Gasteiger partial charge >= 0.3 is 18.1 Å². The van der Waals surface area contributed by atoms with Gasteiger partial charge in [-0.2, -0.15) is 13.2 Å². The highest BCUT2D eigenvalue weighted by Gasteiger charge is 2.39. The molecule has 0 amide bonds. The van der Waals surface area contributed by atoms with Crippen LogP contribution in [-0.2, 0) is 25.2 Å². The summed E-state index contributed by atoms with van der Waals surface area (Å²) in [6.07, 6.45) is -3.45. The summed E-state index contributed by atoms with van der Waals surface area (Å²) < 4.78 is 47.6. The standard InChI is InChI=1S/C14H11BrF3NO4/c1-13(2)22-11(20)8(12(21)23-13)6-19-10-4-3-7(5-9(10)15)14(16,17)18/h3-6,19H,1-2H3. The monoisotopic (exact) mass is 393 g/mol. The molecule has 1 heterocycles. The zero-order chi connectivity index (χ0) is 17.4. The van der Waals surface area contributed by atoms with E-state index < -0.39 is 35.0 Å². The fraction of sp³-hybridized carbons (Fsp3) is 0.286. The maximum absolute atomic E-state index is 12.6. The molecule has 9 heteroatoms. The minimum Gasteiger partial charge on any atom is -0.419 e. The van der Waals surface area contributed by atoms with Gasteiger partial charge in [0.15, 0.2) is 5.57 Å². The third kappa shape index (κ3) is 4.04. The minimum atomic E-state index is -4.47. The highest BCUT2D eigenvalue weighted by atomic mass is 79.9. The van der Waals surface area contributed by atoms with Crippen molar-refractivity contribution in [2.45, 2.75) is 25.8 Å². The fourth-order valence-corrected chi connectivity index (χ4v) is 2.23. The largest absolute Gasteiger partial charge is 0.419 e. The van der Waals surface area contributed by atoms with Crippen molar-refractivity contribution in [3.05, 3.63) is 40.0 Å². The molecule has 0 saturated carbocycles. The molecule has 5 nitrogen and oxygen atoms in total. The van der Waals surface area contributed by atoms with E-state index in [0.29, 0.717) is 0 Å². The van der Waals surface area contributed by atoms with Gasteiger partial charge in [0.05, 0.1) is 11.3 Å². The highest BCUT2D eigenvalue weighted by Crippen LogP contribution is 2.34. The van der Waals surface area contributed by atoms with Crippen LogP contribution in [0.1, 0.15) is 19.4 Å². The summed E-state index contributed by atoms with van der Waals surface area (Å²) >= 11 is 2.99. The average Bonchev–Trinajstić information content (AvgIpc) is 2.36. The van der Waals surface area contributed by atoms with Crippen LogP contribution in [-0.4, -0.2) is 17.7 Å². The molecule has 0 atom stereocenters. The average molecular weight is 394 g/mol. The highest BCUT2D eigenvalue weighted by molar-refractivity contribution is 9.10. The SMILES string of the molecule is CC1(C)OC(=O)C(=CNc2ccc(C(F)(F)F)cc2Br)C(=O)O1. The lowest BCUT2D eigenvalue weighted by Gasteiger charge is -2.29. The van der Waals surface area contributed by atoms with Crippen LogP contribution >= 0.6 is 15.9 Å². The smallest absolute Gasteiger partial charge is 0.416 e. The van der Waals surface area contributed by atoms with Crippen LogP contribution in [0.4, 0.5) is 18.9 Å². The second kappa shape index (κ2) is 5.88. The Hall–Kier alpha value is -2.03. The first kappa shape index (κ1) is 17.3. The van der Waals surface area contributed by atoms with Crippen molar-refractivity contribution in [3.8, 4) is 0 Å². The summed E-state index contributed by atoms with van der Waals surface area (Å²) in [6, 6.07) is 2.90. The van der Waals surface area contributed by atoms with Gasteiger partial charge in [0.2, 0.25) is 0 Å². The van der Waals surface area contributed by atoms with Gasteiger partial charge in [-0.3, -0.25) is 0 Å². The lowest BCUT2D eigenvalue weighted by Crippen LogP contribution is -2.42. The number of cyclic esters (lactones) is 2. The quantitative estimate of drug-likeness (QED) is 0.472. The lowest BCUT2D eigenvalue weighted by molar-refractivity contribution is -0.222. The zero-order valence-corrected chi connectivity index (χ0v) is 13.5. The van der Waals surface area contributed by atoms with Crippen LogP contribution in [0.2, 0.25) is 0 Å². The molecule has 0 radical (unpaired) electrons. The molecule has 1 saturated heterocycles. The van der Waals surface area contributed by atoms with E-state index in [-0.39, 0.29) is 10.2 Å². The first-order chi connectivity index (χ1) is 10.5. The summed E-state index contributed by atoms with van der Waals surface area (Å²) in [6.45, 7) is 2.80. The van der Waals surface area contributed by atoms with E-state index in [1.165, 1.54) is 13.8 Å². The van der Waals surface area contributed by atoms with Crippen molar-refractivity contribution in [1.82, 2.24) is 0 Å². The Kier molecular flexibility index (Phi) is 4.43. The van der Waals surface area contributed by atoms with Crippen LogP contribution in [0.5, 0.6) is 0 Å². The van der Waals surface area contributed by atoms with Gasteiger partial charge in [-0.15, -0.1) is 0 Å². The Morgan fingerprint density at radius 3 is 2.22 bits per heavy atom. The number of nitrogens with one attached hydrogen (secondary N) is 1. The number of esters is 2. The Morgan fingerprint density at radius 1 is 1.17 bits per heavy atom. The third-order valence-electron chi connectivity index (χ3n) is 2.79. The van der Waals surface area contributed by atoms with Crippen molar-refractivity contribution >= 4 is 33.6 Å². The molecule has 0 spiro atoms. The van der Waals surface area contributed by atoms with Crippen LogP contribution < -0.4 is 5.32 Å². The molecule has 124 valence electrons. The summed E-state index contributed by atoms with van der Waals surface area (Å²) in [4.78, 5) is 23.4. The summed E-state index contributed by atoms with van der Waals surface area (Å²) in [7, 11) is 0. The van der Waals surface area contributed by atoms with E-state index in [2.05, 4.69) is 21.2 Å². The van der Waals surface area contributed by atoms with Crippen molar-refractivity contribution in [1.29, 1.82) is 0 Å². The first-order valence-corrected chi connectivity index (χ1v) is 7.09. The molecular formula is C14H11BrF3NO4. The van der Waals surface area contributed by atoms with Crippen molar-refractivity contribution in [2.75, 3.05) is 5.32 Å². The summed E-state index contributed by atoms with van der Waals surface area (Å²) in [5.74, 6) is -3.14. The van der Waals surface area contributed by atoms with Crippen molar-refractivity contribution in [2.24, 2.45) is 0 Å². The normalized spacial score (nSPS) is 17.4. The summed E-state index contributed by atoms with van der Waals surface area (Å²) in [5.41, 5.74) is -0.993. The van der Waals surface area contributed by atoms with E-state index in [4.69, 9.17) is 9.47 Å². The van der Waals surface area contributed by atoms with Crippen molar-refractivity contribution in [3.63, 3.8) is 0 Å². The fourth-order valence-electron chi connectivity index (χ4n) is 1.74. The van der Waals surface area contributed by atoms with Crippen LogP contribution in [0, 0.1) is 0 Å². The Labute approximate surface area is 137 Å². The predicted octanol–water partition coefficient (Wildman–Crippen LogP) is 3.60. The molecule has 0 bridgehead atoms. The van der Waals surface area contributed by atoms with Gasteiger partial charge in [0.25, 0.3) is 5.79 Å². The van der Waals surface area contributed by atoms with Gasteiger partial charge in [0, 0.05) is 24.5 Å². The molecule has 1 N–H and O–H groups in total. The number of ether oxygens (including phenoxy) is 2. The van der Waals surface area contributed by atoms with Crippen molar-refractivity contribution < 1.29 is 32.2 Å². The van der Waals surface area contributed by atoms with Gasteiger partial charge in [-0.05, 0) is 34.1 Å². The predicted molar refractivity (Wildman–Crippen MR) is 77.1 cm³/mol. The lowest BCUT2D eigenvalue weighted by atomic mass is 10.2. The number of benzene rings is 1. The second-order valence-electron chi connectivity index (χ2n) is 5.07. The maximum Gasteiger partial charge on any atom is 0.416 e. The van der Waals surface area contributed by atoms with E-state index >= 15 is 0 Å². The molecule has 0 aliphatic carbocycles. The van der Waals surface area contributed by atoms with Crippen LogP contribution in [0.15, 0.2) is 34.4 Å². The van der Waals surface area contributed by atoms with Crippen LogP contribution in [0.25, 0.3) is 0 Å². The Balaban J connectivity index is 2.20. The number of hydrogen-bond donors (Lipinski definition) is 1. The zero-order valence-electron chi connectivity index (χ0n) is 12.0. The number of carbonyl (C=O) groups is 2. The summed E-state index contributed by atoms with van der Waals surface area (Å²) in [5, 5.41) is 2.57. The minimum absolute atomic E-state index is 0.113. The van der Waals surface area contributed by atoms with E-state index in [1.807, 2.05) is 0 Å². The Bertz CT molecular complexity index is 676. The molecular weight excluding hydrogens is 383 g/mol. The topological polar surface area (TPSA) is 64.6 Å². The van der Waals surface area contributed by atoms with E-state index in [9.17, 15) is 22.8 Å².